The predicted molar refractivity (Wildman–Crippen MR) is 114 cm³/mol. The summed E-state index contributed by atoms with van der Waals surface area (Å²) in [6.07, 6.45) is 6.02. The van der Waals surface area contributed by atoms with E-state index in [9.17, 15) is 10.1 Å². The van der Waals surface area contributed by atoms with E-state index in [1.54, 1.807) is 17.4 Å². The van der Waals surface area contributed by atoms with E-state index < -0.39 is 0 Å². The molecule has 136 valence electrons. The van der Waals surface area contributed by atoms with E-state index in [1.807, 2.05) is 36.4 Å². The number of aryl methyl sites for hydroxylation is 2. The molecular formula is C23H17N3OS. The summed E-state index contributed by atoms with van der Waals surface area (Å²) in [6, 6.07) is 16.3. The molecule has 5 rings (SSSR count). The van der Waals surface area contributed by atoms with E-state index in [2.05, 4.69) is 22.1 Å². The number of rotatable bonds is 2. The van der Waals surface area contributed by atoms with E-state index >= 15 is 0 Å². The molecule has 2 heterocycles. The minimum Gasteiger partial charge on any atom is -0.305 e. The van der Waals surface area contributed by atoms with Gasteiger partial charge >= 0.3 is 0 Å². The summed E-state index contributed by atoms with van der Waals surface area (Å²) in [6.45, 7) is 0. The van der Waals surface area contributed by atoms with Crippen LogP contribution in [0.25, 0.3) is 32.6 Å². The quantitative estimate of drug-likeness (QED) is 0.491. The third kappa shape index (κ3) is 2.83. The number of allylic oxidation sites excluding steroid dienone is 1. The average molecular weight is 383 g/mol. The van der Waals surface area contributed by atoms with Crippen molar-refractivity contribution in [2.75, 3.05) is 0 Å². The monoisotopic (exact) mass is 383 g/mol. The van der Waals surface area contributed by atoms with Crippen LogP contribution in [0.5, 0.6) is 0 Å². The number of hydrogen-bond acceptors (Lipinski definition) is 4. The van der Waals surface area contributed by atoms with Gasteiger partial charge in [-0.3, -0.25) is 4.79 Å². The highest BCUT2D eigenvalue weighted by Crippen LogP contribution is 2.34. The molecule has 4 nitrogen and oxygen atoms in total. The van der Waals surface area contributed by atoms with E-state index in [-0.39, 0.29) is 5.56 Å². The Bertz CT molecular complexity index is 1350. The Labute approximate surface area is 165 Å². The van der Waals surface area contributed by atoms with Crippen LogP contribution < -0.4 is 5.56 Å². The second-order valence-electron chi connectivity index (χ2n) is 7.08. The molecule has 0 atom stereocenters. The zero-order valence-corrected chi connectivity index (χ0v) is 16.0. The van der Waals surface area contributed by atoms with Gasteiger partial charge in [0.25, 0.3) is 5.56 Å². The molecule has 2 aromatic carbocycles. The van der Waals surface area contributed by atoms with Gasteiger partial charge in [0.15, 0.2) is 5.82 Å². The predicted octanol–water partition coefficient (Wildman–Crippen LogP) is 5.08. The largest absolute Gasteiger partial charge is 0.305 e. The van der Waals surface area contributed by atoms with Crippen molar-refractivity contribution in [3.8, 4) is 6.07 Å². The molecule has 0 radical (unpaired) electrons. The standard InChI is InChI=1S/C23H17N3OS/c24-13-17(12-14-9-10-15-5-1-2-6-16(15)11-14)21-25-22(27)20-18-7-3-4-8-19(18)28-23(20)26-21/h1-2,5-6,9-12H,3-4,7-8H2,(H,25,26,27)/b17-12+. The number of H-pyrrole nitrogens is 1. The average Bonchev–Trinajstić information content (AvgIpc) is 3.10. The molecule has 0 saturated heterocycles. The molecule has 0 saturated carbocycles. The summed E-state index contributed by atoms with van der Waals surface area (Å²) in [5.41, 5.74) is 2.28. The SMILES string of the molecule is N#C/C(=C\c1ccc2ccccc2c1)c1nc2sc3c(c2c(=O)[nH]1)CCCC3. The van der Waals surface area contributed by atoms with Crippen LogP contribution in [0.4, 0.5) is 0 Å². The Morgan fingerprint density at radius 3 is 2.82 bits per heavy atom. The van der Waals surface area contributed by atoms with Crippen LogP contribution >= 0.6 is 11.3 Å². The molecule has 0 aliphatic heterocycles. The number of thiophene rings is 1. The molecule has 28 heavy (non-hydrogen) atoms. The van der Waals surface area contributed by atoms with Gasteiger partial charge in [-0.15, -0.1) is 11.3 Å². The summed E-state index contributed by atoms with van der Waals surface area (Å²) < 4.78 is 0. The van der Waals surface area contributed by atoms with E-state index in [0.29, 0.717) is 16.8 Å². The van der Waals surface area contributed by atoms with Gasteiger partial charge in [-0.1, -0.05) is 36.4 Å². The van der Waals surface area contributed by atoms with Crippen molar-refractivity contribution in [3.05, 3.63) is 74.6 Å². The second kappa shape index (κ2) is 6.74. The van der Waals surface area contributed by atoms with E-state index in [0.717, 1.165) is 52.4 Å². The molecule has 0 bridgehead atoms. The highest BCUT2D eigenvalue weighted by molar-refractivity contribution is 7.18. The fourth-order valence-electron chi connectivity index (χ4n) is 3.91. The molecule has 0 amide bonds. The second-order valence-corrected chi connectivity index (χ2v) is 8.17. The van der Waals surface area contributed by atoms with Crippen LogP contribution in [0.15, 0.2) is 47.3 Å². The van der Waals surface area contributed by atoms with Crippen LogP contribution in [0, 0.1) is 11.3 Å². The molecule has 4 aromatic rings. The first kappa shape index (κ1) is 16.9. The Morgan fingerprint density at radius 1 is 1.14 bits per heavy atom. The zero-order valence-electron chi connectivity index (χ0n) is 15.2. The highest BCUT2D eigenvalue weighted by atomic mass is 32.1. The van der Waals surface area contributed by atoms with Crippen LogP contribution in [-0.4, -0.2) is 9.97 Å². The van der Waals surface area contributed by atoms with Crippen molar-refractivity contribution < 1.29 is 0 Å². The minimum atomic E-state index is -0.140. The number of aromatic amines is 1. The number of hydrogen-bond donors (Lipinski definition) is 1. The van der Waals surface area contributed by atoms with E-state index in [1.165, 1.54) is 4.88 Å². The van der Waals surface area contributed by atoms with Gasteiger partial charge in [0.05, 0.1) is 11.0 Å². The van der Waals surface area contributed by atoms with Crippen LogP contribution in [0.2, 0.25) is 0 Å². The lowest BCUT2D eigenvalue weighted by atomic mass is 9.97. The molecule has 1 aliphatic carbocycles. The van der Waals surface area contributed by atoms with E-state index in [4.69, 9.17) is 0 Å². The lowest BCUT2D eigenvalue weighted by molar-refractivity contribution is 0.700. The van der Waals surface area contributed by atoms with Gasteiger partial charge in [-0.2, -0.15) is 5.26 Å². The van der Waals surface area contributed by atoms with Crippen molar-refractivity contribution >= 4 is 44.0 Å². The highest BCUT2D eigenvalue weighted by Gasteiger charge is 2.20. The fourth-order valence-corrected chi connectivity index (χ4v) is 5.17. The Balaban J connectivity index is 1.63. The number of benzene rings is 2. The van der Waals surface area contributed by atoms with Crippen molar-refractivity contribution in [2.45, 2.75) is 25.7 Å². The molecule has 1 N–H and O–H groups in total. The summed E-state index contributed by atoms with van der Waals surface area (Å²) in [5.74, 6) is 0.340. The summed E-state index contributed by atoms with van der Waals surface area (Å²) in [4.78, 5) is 22.3. The Kier molecular flexibility index (Phi) is 4.07. The molecule has 5 heteroatoms. The molecule has 2 aromatic heterocycles. The maximum atomic E-state index is 12.8. The van der Waals surface area contributed by atoms with Gasteiger partial charge in [-0.25, -0.2) is 4.98 Å². The van der Waals surface area contributed by atoms with Crippen molar-refractivity contribution in [1.82, 2.24) is 9.97 Å². The molecular weight excluding hydrogens is 366 g/mol. The Hall–Kier alpha value is -3.23. The van der Waals surface area contributed by atoms with Gasteiger partial charge in [0.2, 0.25) is 0 Å². The fraction of sp³-hybridized carbons (Fsp3) is 0.174. The first-order valence-corrected chi connectivity index (χ1v) is 10.2. The summed E-state index contributed by atoms with van der Waals surface area (Å²) in [5, 5.41) is 12.7. The third-order valence-electron chi connectivity index (χ3n) is 5.29. The van der Waals surface area contributed by atoms with Gasteiger partial charge in [0.1, 0.15) is 10.9 Å². The third-order valence-corrected chi connectivity index (χ3v) is 6.47. The summed E-state index contributed by atoms with van der Waals surface area (Å²) >= 11 is 1.60. The van der Waals surface area contributed by atoms with Crippen molar-refractivity contribution in [3.63, 3.8) is 0 Å². The van der Waals surface area contributed by atoms with Crippen molar-refractivity contribution in [1.29, 1.82) is 5.26 Å². The lowest BCUT2D eigenvalue weighted by Gasteiger charge is -2.09. The van der Waals surface area contributed by atoms with Crippen LogP contribution in [0.1, 0.15) is 34.7 Å². The maximum Gasteiger partial charge on any atom is 0.260 e. The number of nitrogens with one attached hydrogen (secondary N) is 1. The number of nitriles is 1. The van der Waals surface area contributed by atoms with Gasteiger partial charge in [0, 0.05) is 4.88 Å². The molecule has 0 fully saturated rings. The number of nitrogens with zero attached hydrogens (tertiary/aromatic N) is 2. The topological polar surface area (TPSA) is 69.5 Å². The molecule has 0 spiro atoms. The molecule has 0 unspecified atom stereocenters. The first-order chi connectivity index (χ1) is 13.7. The van der Waals surface area contributed by atoms with Crippen LogP contribution in [-0.2, 0) is 12.8 Å². The number of aromatic nitrogens is 2. The maximum absolute atomic E-state index is 12.8. The molecule has 1 aliphatic rings. The van der Waals surface area contributed by atoms with Crippen LogP contribution in [0.3, 0.4) is 0 Å². The minimum absolute atomic E-state index is 0.140. The van der Waals surface area contributed by atoms with Crippen molar-refractivity contribution in [2.24, 2.45) is 0 Å². The number of fused-ring (bicyclic) bond motifs is 4. The van der Waals surface area contributed by atoms with Gasteiger partial charge in [-0.05, 0) is 59.7 Å². The lowest BCUT2D eigenvalue weighted by Crippen LogP contribution is -2.12. The first-order valence-electron chi connectivity index (χ1n) is 9.38. The summed E-state index contributed by atoms with van der Waals surface area (Å²) in [7, 11) is 0. The Morgan fingerprint density at radius 2 is 1.96 bits per heavy atom. The normalized spacial score (nSPS) is 14.2. The smallest absolute Gasteiger partial charge is 0.260 e. The zero-order chi connectivity index (χ0) is 19.1. The van der Waals surface area contributed by atoms with Gasteiger partial charge < -0.3 is 4.98 Å².